The number of nitrogens with zero attached hydrogens (tertiary/aromatic N) is 5. The number of para-hydroxylation sites is 2. The Balaban J connectivity index is 1.76. The van der Waals surface area contributed by atoms with Crippen molar-refractivity contribution in [3.63, 3.8) is 0 Å². The Morgan fingerprint density at radius 3 is 2.57 bits per heavy atom. The first kappa shape index (κ1) is 18.0. The van der Waals surface area contributed by atoms with Gasteiger partial charge in [0.1, 0.15) is 23.8 Å². The van der Waals surface area contributed by atoms with E-state index in [0.29, 0.717) is 11.2 Å². The molecular formula is C24H20N6. The fraction of sp³-hybridized carbons (Fsp3) is 0.125. The molecule has 5 aromatic rings. The zero-order chi connectivity index (χ0) is 20.7. The minimum Gasteiger partial charge on any atom is -0.357 e. The zero-order valence-electron chi connectivity index (χ0n) is 16.7. The van der Waals surface area contributed by atoms with Crippen LogP contribution in [-0.2, 0) is 7.05 Å². The highest BCUT2D eigenvalue weighted by Crippen LogP contribution is 2.31. The highest BCUT2D eigenvalue weighted by molar-refractivity contribution is 5.85. The smallest absolute Gasteiger partial charge is 0.157 e. The van der Waals surface area contributed by atoms with Crippen LogP contribution in [0.4, 0.5) is 5.82 Å². The van der Waals surface area contributed by atoms with Crippen molar-refractivity contribution in [1.29, 1.82) is 5.26 Å². The molecule has 3 aromatic heterocycles. The first-order valence-corrected chi connectivity index (χ1v) is 9.77. The minimum atomic E-state index is -0.164. The molecule has 1 unspecified atom stereocenters. The lowest BCUT2D eigenvalue weighted by atomic mass is 10.1. The molecule has 0 amide bonds. The van der Waals surface area contributed by atoms with Crippen molar-refractivity contribution in [2.24, 2.45) is 7.05 Å². The number of hydrogen-bond donors (Lipinski definition) is 1. The summed E-state index contributed by atoms with van der Waals surface area (Å²) < 4.78 is 4.05. The van der Waals surface area contributed by atoms with Crippen molar-refractivity contribution in [3.8, 4) is 6.07 Å². The summed E-state index contributed by atoms with van der Waals surface area (Å²) in [4.78, 5) is 9.35. The summed E-state index contributed by atoms with van der Waals surface area (Å²) in [6.45, 7) is 1.95. The molecule has 5 rings (SSSR count). The molecule has 6 heteroatoms. The number of aryl methyl sites for hydroxylation is 2. The summed E-state index contributed by atoms with van der Waals surface area (Å²) in [5.74, 6) is 1.77. The van der Waals surface area contributed by atoms with E-state index in [0.717, 1.165) is 33.8 Å². The maximum atomic E-state index is 9.74. The number of aromatic nitrogens is 4. The Morgan fingerprint density at radius 1 is 1.07 bits per heavy atom. The molecule has 30 heavy (non-hydrogen) atoms. The second-order valence-electron chi connectivity index (χ2n) is 7.34. The van der Waals surface area contributed by atoms with Crippen LogP contribution in [0.3, 0.4) is 0 Å². The first-order valence-electron chi connectivity index (χ1n) is 9.77. The van der Waals surface area contributed by atoms with Gasteiger partial charge in [-0.3, -0.25) is 4.40 Å². The van der Waals surface area contributed by atoms with Crippen LogP contribution in [0.5, 0.6) is 0 Å². The van der Waals surface area contributed by atoms with Gasteiger partial charge in [0.25, 0.3) is 0 Å². The van der Waals surface area contributed by atoms with Gasteiger partial charge in [-0.1, -0.05) is 42.5 Å². The van der Waals surface area contributed by atoms with Gasteiger partial charge in [0.2, 0.25) is 0 Å². The fourth-order valence-electron chi connectivity index (χ4n) is 3.95. The van der Waals surface area contributed by atoms with Crippen molar-refractivity contribution >= 4 is 22.5 Å². The average Bonchev–Trinajstić information content (AvgIpc) is 3.36. The molecule has 1 atom stereocenters. The Bertz CT molecular complexity index is 1400. The number of benzene rings is 2. The Kier molecular flexibility index (Phi) is 4.22. The molecule has 0 aliphatic heterocycles. The van der Waals surface area contributed by atoms with Gasteiger partial charge >= 0.3 is 0 Å². The molecule has 0 saturated heterocycles. The summed E-state index contributed by atoms with van der Waals surface area (Å²) in [6.07, 6.45) is 3.75. The molecule has 0 spiro atoms. The maximum Gasteiger partial charge on any atom is 0.157 e. The van der Waals surface area contributed by atoms with Crippen molar-refractivity contribution in [1.82, 2.24) is 18.9 Å². The lowest BCUT2D eigenvalue weighted by Gasteiger charge is -2.22. The molecule has 0 saturated carbocycles. The second kappa shape index (κ2) is 7.05. The average molecular weight is 392 g/mol. The van der Waals surface area contributed by atoms with E-state index in [2.05, 4.69) is 28.5 Å². The van der Waals surface area contributed by atoms with Crippen LogP contribution < -0.4 is 5.32 Å². The van der Waals surface area contributed by atoms with Gasteiger partial charge in [0.15, 0.2) is 5.65 Å². The largest absolute Gasteiger partial charge is 0.357 e. The normalized spacial score (nSPS) is 12.2. The second-order valence-corrected chi connectivity index (χ2v) is 7.34. The molecule has 0 radical (unpaired) electrons. The van der Waals surface area contributed by atoms with Crippen LogP contribution in [0, 0.1) is 18.3 Å². The third-order valence-corrected chi connectivity index (χ3v) is 5.43. The lowest BCUT2D eigenvalue weighted by Crippen LogP contribution is -2.18. The highest BCUT2D eigenvalue weighted by Gasteiger charge is 2.22. The summed E-state index contributed by atoms with van der Waals surface area (Å²) in [6, 6.07) is 22.3. The fourth-order valence-corrected chi connectivity index (χ4v) is 3.95. The predicted octanol–water partition coefficient (Wildman–Crippen LogP) is 4.60. The topological polar surface area (TPSA) is 70.9 Å². The Labute approximate surface area is 174 Å². The SMILES string of the molecule is Cc1cc(NC(c2ccccc2)c2nccn2C)n2c(nc3ccccc32)c1C#N. The molecule has 146 valence electrons. The van der Waals surface area contributed by atoms with Gasteiger partial charge in [0.05, 0.1) is 16.6 Å². The van der Waals surface area contributed by atoms with E-state index in [1.807, 2.05) is 77.7 Å². The molecule has 2 aromatic carbocycles. The predicted molar refractivity (Wildman–Crippen MR) is 117 cm³/mol. The van der Waals surface area contributed by atoms with E-state index in [4.69, 9.17) is 4.98 Å². The van der Waals surface area contributed by atoms with Gasteiger partial charge in [0, 0.05) is 19.4 Å². The van der Waals surface area contributed by atoms with E-state index in [9.17, 15) is 5.26 Å². The Morgan fingerprint density at radius 2 is 1.83 bits per heavy atom. The van der Waals surface area contributed by atoms with E-state index in [-0.39, 0.29) is 6.04 Å². The van der Waals surface area contributed by atoms with E-state index < -0.39 is 0 Å². The van der Waals surface area contributed by atoms with Crippen LogP contribution in [0.1, 0.15) is 28.6 Å². The number of fused-ring (bicyclic) bond motifs is 3. The summed E-state index contributed by atoms with van der Waals surface area (Å²) in [5.41, 5.74) is 5.05. The standard InChI is InChI=1S/C24H20N6/c1-16-14-21(30-20-11-7-6-10-19(20)27-23(30)18(16)15-25)28-22(17-8-4-3-5-9-17)24-26-12-13-29(24)2/h3-14,22,28H,1-2H3. The molecule has 0 aliphatic carbocycles. The number of nitriles is 1. The molecule has 0 aliphatic rings. The van der Waals surface area contributed by atoms with Crippen LogP contribution in [0.2, 0.25) is 0 Å². The van der Waals surface area contributed by atoms with Crippen molar-refractivity contribution in [2.75, 3.05) is 5.32 Å². The third-order valence-electron chi connectivity index (χ3n) is 5.43. The van der Waals surface area contributed by atoms with Gasteiger partial charge in [-0.25, -0.2) is 9.97 Å². The molecule has 0 bridgehead atoms. The molecule has 3 heterocycles. The molecule has 1 N–H and O–H groups in total. The molecular weight excluding hydrogens is 372 g/mol. The summed E-state index contributed by atoms with van der Waals surface area (Å²) >= 11 is 0. The van der Waals surface area contributed by atoms with Gasteiger partial charge in [-0.05, 0) is 36.2 Å². The summed E-state index contributed by atoms with van der Waals surface area (Å²) in [5, 5.41) is 13.4. The van der Waals surface area contributed by atoms with Gasteiger partial charge < -0.3 is 9.88 Å². The lowest BCUT2D eigenvalue weighted by molar-refractivity contribution is 0.744. The first-order chi connectivity index (χ1) is 14.7. The van der Waals surface area contributed by atoms with Crippen LogP contribution in [0.15, 0.2) is 73.1 Å². The number of imidazole rings is 2. The number of rotatable bonds is 4. The highest BCUT2D eigenvalue weighted by atomic mass is 15.2. The summed E-state index contributed by atoms with van der Waals surface area (Å²) in [7, 11) is 1.99. The van der Waals surface area contributed by atoms with E-state index >= 15 is 0 Å². The monoisotopic (exact) mass is 392 g/mol. The molecule has 6 nitrogen and oxygen atoms in total. The van der Waals surface area contributed by atoms with E-state index in [1.54, 1.807) is 6.20 Å². The van der Waals surface area contributed by atoms with Crippen LogP contribution in [-0.4, -0.2) is 18.9 Å². The maximum absolute atomic E-state index is 9.74. The van der Waals surface area contributed by atoms with Crippen molar-refractivity contribution in [2.45, 2.75) is 13.0 Å². The van der Waals surface area contributed by atoms with Crippen LogP contribution in [0.25, 0.3) is 16.7 Å². The Hall–Kier alpha value is -4.11. The number of pyridine rings is 1. The quantitative estimate of drug-likeness (QED) is 0.485. The number of anilines is 1. The van der Waals surface area contributed by atoms with E-state index in [1.165, 1.54) is 0 Å². The minimum absolute atomic E-state index is 0.164. The number of hydrogen-bond acceptors (Lipinski definition) is 4. The third kappa shape index (κ3) is 2.80. The van der Waals surface area contributed by atoms with Gasteiger partial charge in [-0.15, -0.1) is 0 Å². The zero-order valence-corrected chi connectivity index (χ0v) is 16.7. The van der Waals surface area contributed by atoms with Crippen molar-refractivity contribution in [3.05, 3.63) is 95.6 Å². The molecule has 0 fully saturated rings. The van der Waals surface area contributed by atoms with Crippen molar-refractivity contribution < 1.29 is 0 Å². The van der Waals surface area contributed by atoms with Gasteiger partial charge in [-0.2, -0.15) is 5.26 Å². The van der Waals surface area contributed by atoms with Crippen LogP contribution >= 0.6 is 0 Å². The number of nitrogens with one attached hydrogen (secondary N) is 1.